The van der Waals surface area contributed by atoms with Crippen LogP contribution in [-0.4, -0.2) is 6.79 Å². The highest BCUT2D eigenvalue weighted by Crippen LogP contribution is 2.44. The highest BCUT2D eigenvalue weighted by Gasteiger charge is 2.22. The fourth-order valence-corrected chi connectivity index (χ4v) is 2.86. The van der Waals surface area contributed by atoms with Gasteiger partial charge in [-0.2, -0.15) is 0 Å². The van der Waals surface area contributed by atoms with E-state index in [-0.39, 0.29) is 6.79 Å². The second-order valence-corrected chi connectivity index (χ2v) is 4.60. The predicted octanol–water partition coefficient (Wildman–Crippen LogP) is 2.54. The Kier molecular flexibility index (Phi) is 2.23. The first-order valence-corrected chi connectivity index (χ1v) is 5.35. The molecule has 3 nitrogen and oxygen atoms in total. The maximum Gasteiger partial charge on any atom is 0.231 e. The molecule has 0 amide bonds. The lowest BCUT2D eigenvalue weighted by atomic mass is 10.3. The molecule has 1 N–H and O–H groups in total. The topological polar surface area (TPSA) is 42.3 Å². The number of hydrogen-bond donors (Lipinski definition) is 0. The summed E-state index contributed by atoms with van der Waals surface area (Å²) in [4.78, 5) is 0. The maximum absolute atomic E-state index is 7.66. The normalized spacial score (nSPS) is 13.5. The molecule has 0 aromatic heterocycles. The van der Waals surface area contributed by atoms with Gasteiger partial charge in [0.15, 0.2) is 11.5 Å². The molecule has 0 fully saturated rings. The average molecular weight is 388 g/mol. The van der Waals surface area contributed by atoms with Gasteiger partial charge in [-0.1, -0.05) is 0 Å². The summed E-state index contributed by atoms with van der Waals surface area (Å²) in [5, 5.41) is 0. The molecule has 12 heavy (non-hydrogen) atoms. The van der Waals surface area contributed by atoms with Crippen LogP contribution in [0.4, 0.5) is 5.69 Å². The number of fused-ring (bicyclic) bond motifs is 1. The second-order valence-electron chi connectivity index (χ2n) is 2.28. The van der Waals surface area contributed by atoms with Gasteiger partial charge in [-0.05, 0) is 51.2 Å². The molecule has 0 unspecified atom stereocenters. The van der Waals surface area contributed by atoms with E-state index in [0.717, 1.165) is 7.14 Å². The molecule has 1 radical (unpaired) electrons. The van der Waals surface area contributed by atoms with Crippen molar-refractivity contribution in [3.8, 4) is 11.5 Å². The van der Waals surface area contributed by atoms with Crippen LogP contribution in [0, 0.1) is 7.14 Å². The summed E-state index contributed by atoms with van der Waals surface area (Å²) in [7, 11) is 0. The van der Waals surface area contributed by atoms with E-state index < -0.39 is 0 Å². The van der Waals surface area contributed by atoms with Crippen LogP contribution in [0.25, 0.3) is 0 Å². The zero-order valence-electron chi connectivity index (χ0n) is 5.86. The Morgan fingerprint density at radius 2 is 1.83 bits per heavy atom. The average Bonchev–Trinajstić information content (AvgIpc) is 2.48. The molecule has 0 bridgehead atoms. The van der Waals surface area contributed by atoms with Crippen molar-refractivity contribution in [2.45, 2.75) is 0 Å². The molecule has 0 saturated heterocycles. The van der Waals surface area contributed by atoms with Gasteiger partial charge < -0.3 is 9.47 Å². The first kappa shape index (κ1) is 8.67. The largest absolute Gasteiger partial charge is 0.452 e. The van der Waals surface area contributed by atoms with Crippen molar-refractivity contribution in [1.29, 1.82) is 0 Å². The van der Waals surface area contributed by atoms with E-state index in [1.54, 1.807) is 0 Å². The van der Waals surface area contributed by atoms with E-state index in [2.05, 4.69) is 45.2 Å². The van der Waals surface area contributed by atoms with Crippen LogP contribution in [-0.2, 0) is 0 Å². The van der Waals surface area contributed by atoms with Crippen molar-refractivity contribution in [2.75, 3.05) is 6.79 Å². The third kappa shape index (κ3) is 1.22. The van der Waals surface area contributed by atoms with Crippen LogP contribution in [0.15, 0.2) is 6.07 Å². The highest BCUT2D eigenvalue weighted by molar-refractivity contribution is 14.1. The van der Waals surface area contributed by atoms with Crippen LogP contribution in [0.3, 0.4) is 0 Å². The van der Waals surface area contributed by atoms with Crippen molar-refractivity contribution in [2.24, 2.45) is 0 Å². The predicted molar refractivity (Wildman–Crippen MR) is 60.8 cm³/mol. The Balaban J connectivity index is 2.69. The van der Waals surface area contributed by atoms with E-state index in [0.29, 0.717) is 17.2 Å². The minimum Gasteiger partial charge on any atom is -0.452 e. The quantitative estimate of drug-likeness (QED) is 0.642. The summed E-state index contributed by atoms with van der Waals surface area (Å²) in [6, 6.07) is 1.91. The molecule has 1 aliphatic heterocycles. The Hall–Kier alpha value is 0.0800. The van der Waals surface area contributed by atoms with Crippen LogP contribution < -0.4 is 15.2 Å². The van der Waals surface area contributed by atoms with Crippen molar-refractivity contribution >= 4 is 50.9 Å². The molecule has 0 saturated carbocycles. The van der Waals surface area contributed by atoms with Crippen LogP contribution in [0.1, 0.15) is 0 Å². The molecule has 0 spiro atoms. The Bertz CT molecular complexity index is 341. The molecule has 63 valence electrons. The lowest BCUT2D eigenvalue weighted by Crippen LogP contribution is -1.93. The molecule has 1 aromatic carbocycles. The lowest BCUT2D eigenvalue weighted by Gasteiger charge is -2.03. The van der Waals surface area contributed by atoms with Gasteiger partial charge in [-0.15, -0.1) is 0 Å². The molecule has 2 rings (SSSR count). The van der Waals surface area contributed by atoms with Gasteiger partial charge in [0.05, 0.1) is 3.57 Å². The molecule has 1 heterocycles. The zero-order chi connectivity index (χ0) is 8.72. The van der Waals surface area contributed by atoms with Crippen molar-refractivity contribution < 1.29 is 9.47 Å². The second kappa shape index (κ2) is 3.09. The monoisotopic (exact) mass is 388 g/mol. The summed E-state index contributed by atoms with van der Waals surface area (Å²) in [5.41, 5.74) is 8.08. The van der Waals surface area contributed by atoms with Crippen LogP contribution in [0.2, 0.25) is 0 Å². The molecular formula is C7H4I2NO2. The summed E-state index contributed by atoms with van der Waals surface area (Å²) in [6.07, 6.45) is 0. The van der Waals surface area contributed by atoms with Gasteiger partial charge >= 0.3 is 0 Å². The van der Waals surface area contributed by atoms with Gasteiger partial charge in [0.2, 0.25) is 6.79 Å². The number of benzene rings is 1. The van der Waals surface area contributed by atoms with Crippen molar-refractivity contribution in [3.05, 3.63) is 13.2 Å². The molecule has 0 aliphatic carbocycles. The van der Waals surface area contributed by atoms with Gasteiger partial charge in [0, 0.05) is 3.57 Å². The number of ether oxygens (including phenoxy) is 2. The van der Waals surface area contributed by atoms with Crippen molar-refractivity contribution in [3.63, 3.8) is 0 Å². The first-order chi connectivity index (χ1) is 5.70. The van der Waals surface area contributed by atoms with E-state index in [9.17, 15) is 0 Å². The first-order valence-electron chi connectivity index (χ1n) is 3.19. The zero-order valence-corrected chi connectivity index (χ0v) is 10.2. The number of nitrogens with one attached hydrogen (secondary N) is 1. The van der Waals surface area contributed by atoms with Gasteiger partial charge in [-0.3, -0.25) is 5.73 Å². The molecular weight excluding hydrogens is 384 g/mol. The summed E-state index contributed by atoms with van der Waals surface area (Å²) >= 11 is 4.29. The number of halogens is 2. The van der Waals surface area contributed by atoms with E-state index in [1.807, 2.05) is 6.07 Å². The summed E-state index contributed by atoms with van der Waals surface area (Å²) in [5.74, 6) is 1.28. The number of hydrogen-bond acceptors (Lipinski definition) is 2. The third-order valence-corrected chi connectivity index (χ3v) is 3.20. The molecule has 1 aliphatic rings. The smallest absolute Gasteiger partial charge is 0.231 e. The Morgan fingerprint density at radius 1 is 1.17 bits per heavy atom. The summed E-state index contributed by atoms with van der Waals surface area (Å²) < 4.78 is 12.3. The van der Waals surface area contributed by atoms with Crippen LogP contribution >= 0.6 is 45.2 Å². The standard InChI is InChI=1S/C7H4I2NO2/c8-3-1-4(9)6-7(5(3)10)12-2-11-6/h1,10H,2H2. The molecule has 0 atom stereocenters. The van der Waals surface area contributed by atoms with E-state index in [4.69, 9.17) is 15.2 Å². The Morgan fingerprint density at radius 3 is 2.58 bits per heavy atom. The number of rotatable bonds is 0. The minimum absolute atomic E-state index is 0.233. The van der Waals surface area contributed by atoms with Gasteiger partial charge in [0.25, 0.3) is 0 Å². The fraction of sp³-hybridized carbons (Fsp3) is 0.143. The Labute approximate surface area is 96.9 Å². The minimum atomic E-state index is 0.233. The summed E-state index contributed by atoms with van der Waals surface area (Å²) in [6.45, 7) is 0.233. The fourth-order valence-electron chi connectivity index (χ4n) is 0.999. The maximum atomic E-state index is 7.66. The van der Waals surface area contributed by atoms with Gasteiger partial charge in [-0.25, -0.2) is 0 Å². The van der Waals surface area contributed by atoms with Crippen LogP contribution in [0.5, 0.6) is 11.5 Å². The highest BCUT2D eigenvalue weighted by atomic mass is 127. The molecule has 1 aromatic rings. The third-order valence-electron chi connectivity index (χ3n) is 1.55. The van der Waals surface area contributed by atoms with E-state index >= 15 is 0 Å². The molecule has 5 heteroatoms. The van der Waals surface area contributed by atoms with E-state index in [1.165, 1.54) is 0 Å². The SMILES string of the molecule is [NH]c1c(I)cc(I)c2c1OCO2. The van der Waals surface area contributed by atoms with Gasteiger partial charge in [0.1, 0.15) is 5.69 Å². The lowest BCUT2D eigenvalue weighted by molar-refractivity contribution is 0.173. The van der Waals surface area contributed by atoms with Crippen molar-refractivity contribution in [1.82, 2.24) is 5.73 Å².